The molecule has 0 nitrogen and oxygen atoms in total. The fourth-order valence-electron chi connectivity index (χ4n) is 5.52. The second kappa shape index (κ2) is 12.2. The average molecular weight is 638 g/mol. The van der Waals surface area contributed by atoms with E-state index in [1.807, 2.05) is 6.66 Å². The van der Waals surface area contributed by atoms with Crippen LogP contribution < -0.4 is 0 Å². The van der Waals surface area contributed by atoms with E-state index >= 15 is 0 Å². The van der Waals surface area contributed by atoms with Gasteiger partial charge in [-0.25, -0.2) is 0 Å². The molecule has 0 bridgehead atoms. The van der Waals surface area contributed by atoms with Crippen molar-refractivity contribution in [1.82, 2.24) is 0 Å². The molecule has 4 heteroatoms. The third-order valence-electron chi connectivity index (χ3n) is 6.65. The molecule has 0 aromatic rings. The fourth-order valence-corrected chi connectivity index (χ4v) is 27.1. The zero-order valence-electron chi connectivity index (χ0n) is 21.0. The molecule has 30 heavy (non-hydrogen) atoms. The van der Waals surface area contributed by atoms with Crippen molar-refractivity contribution in [2.24, 2.45) is 11.8 Å². The molecule has 2 rings (SSSR count). The summed E-state index contributed by atoms with van der Waals surface area (Å²) in [6.07, 6.45) is 15.5. The van der Waals surface area contributed by atoms with Crippen molar-refractivity contribution in [3.63, 3.8) is 0 Å². The Morgan fingerprint density at radius 3 is 1.37 bits per heavy atom. The van der Waals surface area contributed by atoms with Crippen LogP contribution in [0.5, 0.6) is 0 Å². The summed E-state index contributed by atoms with van der Waals surface area (Å²) in [5.41, 5.74) is 6.93. The molecule has 0 fully saturated rings. The molecular formula is C26H48Cl2HfSi. The Bertz CT molecular complexity index is 728. The molecule has 0 saturated heterocycles. The van der Waals surface area contributed by atoms with Gasteiger partial charge in [0.25, 0.3) is 0 Å². The van der Waals surface area contributed by atoms with Crippen LogP contribution in [0.3, 0.4) is 0 Å². The van der Waals surface area contributed by atoms with Crippen LogP contribution in [0.15, 0.2) is 41.1 Å². The molecule has 174 valence electrons. The zero-order valence-corrected chi connectivity index (χ0v) is 27.6. The predicted octanol–water partition coefficient (Wildman–Crippen LogP) is 9.02. The molecule has 2 aliphatic carbocycles. The van der Waals surface area contributed by atoms with E-state index in [9.17, 15) is 0 Å². The summed E-state index contributed by atoms with van der Waals surface area (Å²) in [5.74, 6) is 1.53. The van der Waals surface area contributed by atoms with Crippen LogP contribution in [0.2, 0.25) is 9.36 Å². The Kier molecular flexibility index (Phi) is 12.4. The van der Waals surface area contributed by atoms with Gasteiger partial charge in [0.1, 0.15) is 0 Å². The third kappa shape index (κ3) is 7.32. The van der Waals surface area contributed by atoms with Gasteiger partial charge in [-0.15, -0.1) is 24.8 Å². The monoisotopic (exact) mass is 638 g/mol. The van der Waals surface area contributed by atoms with E-state index in [2.05, 4.69) is 70.0 Å². The van der Waals surface area contributed by atoms with Gasteiger partial charge in [-0.05, 0) is 0 Å². The van der Waals surface area contributed by atoms with Gasteiger partial charge >= 0.3 is 179 Å². The number of rotatable bonds is 10. The number of hydrogen-bond acceptors (Lipinski definition) is 0. The molecule has 2 aliphatic rings. The Hall–Kier alpha value is 0.627. The van der Waals surface area contributed by atoms with Crippen molar-refractivity contribution in [3.8, 4) is 0 Å². The van der Waals surface area contributed by atoms with Crippen LogP contribution >= 0.6 is 24.8 Å². The first-order valence-electron chi connectivity index (χ1n) is 11.9. The van der Waals surface area contributed by atoms with E-state index in [1.54, 1.807) is 22.3 Å². The molecule has 0 amide bonds. The van der Waals surface area contributed by atoms with Crippen molar-refractivity contribution in [3.05, 3.63) is 41.1 Å². The minimum Gasteiger partial charge on any atom is -0.147 e. The van der Waals surface area contributed by atoms with E-state index in [0.29, 0.717) is 0 Å². The normalized spacial score (nSPS) is 17.4. The van der Waals surface area contributed by atoms with E-state index in [4.69, 9.17) is 0 Å². The molecule has 0 N–H and O–H groups in total. The fraction of sp³-hybridized carbons (Fsp3) is 0.692. The van der Waals surface area contributed by atoms with Crippen molar-refractivity contribution in [1.29, 1.82) is 0 Å². The van der Waals surface area contributed by atoms with Gasteiger partial charge in [0.2, 0.25) is 0 Å². The van der Waals surface area contributed by atoms with Gasteiger partial charge in [0, 0.05) is 0 Å². The van der Waals surface area contributed by atoms with Crippen LogP contribution in [-0.4, -0.2) is 6.94 Å². The topological polar surface area (TPSA) is 0 Å². The van der Waals surface area contributed by atoms with Gasteiger partial charge in [0.15, 0.2) is 0 Å². The quantitative estimate of drug-likeness (QED) is 0.210. The first-order chi connectivity index (χ1) is 13.0. The van der Waals surface area contributed by atoms with Gasteiger partial charge in [-0.3, -0.25) is 0 Å². The first-order valence-corrected chi connectivity index (χ1v) is 31.0. The van der Waals surface area contributed by atoms with Crippen LogP contribution in [-0.2, 0) is 17.1 Å². The zero-order chi connectivity index (χ0) is 21.1. The van der Waals surface area contributed by atoms with Crippen LogP contribution in [0, 0.1) is 11.8 Å². The predicted molar refractivity (Wildman–Crippen MR) is 143 cm³/mol. The Morgan fingerprint density at radius 1 is 0.767 bits per heavy atom. The standard InChI is InChI=1S/2C12H19.2CH3.2ClH.Hf.H2Si/c2*1-4-5-11-6-7-12(9-11)8-10(2)3;;;;;;/h2*9-10H,4-5,7-8H2,1-3H3;2*1H3;2*1H;;1H2. The van der Waals surface area contributed by atoms with Gasteiger partial charge in [-0.1, -0.05) is 0 Å². The van der Waals surface area contributed by atoms with Crippen molar-refractivity contribution in [2.75, 3.05) is 0 Å². The van der Waals surface area contributed by atoms with E-state index in [-0.39, 0.29) is 24.8 Å². The van der Waals surface area contributed by atoms with Gasteiger partial charge in [-0.2, -0.15) is 0 Å². The summed E-state index contributed by atoms with van der Waals surface area (Å²) in [5, 5.41) is 0. The smallest absolute Gasteiger partial charge is 0.147 e. The summed E-state index contributed by atoms with van der Waals surface area (Å²) in [7, 11) is 0. The summed E-state index contributed by atoms with van der Waals surface area (Å²) < 4.78 is 9.42. The Morgan fingerprint density at radius 2 is 1.10 bits per heavy atom. The molecule has 0 aromatic carbocycles. The SMILES string of the molecule is CCCC1=[C]([Hf]([CH3])([CH3])(=[SiH2])[C]2=C(CCC)C=C(CC(C)C)C2)CC(CC(C)C)=C1.Cl.Cl. The molecular weight excluding hydrogens is 590 g/mol. The molecule has 0 radical (unpaired) electrons. The molecule has 0 aliphatic heterocycles. The van der Waals surface area contributed by atoms with Gasteiger partial charge in [0.05, 0.1) is 0 Å². The van der Waals surface area contributed by atoms with E-state index < -0.39 is 17.1 Å². The first kappa shape index (κ1) is 30.6. The number of allylic oxidation sites excluding steroid dienone is 8. The van der Waals surface area contributed by atoms with Gasteiger partial charge < -0.3 is 0 Å². The second-order valence-electron chi connectivity index (χ2n) is 11.3. The van der Waals surface area contributed by atoms with Crippen LogP contribution in [0.4, 0.5) is 0 Å². The minimum atomic E-state index is -3.25. The number of hydrogen-bond donors (Lipinski definition) is 0. The maximum atomic E-state index is 2.77. The Balaban J connectivity index is 0.00000420. The molecule has 0 unspecified atom stereocenters. The summed E-state index contributed by atoms with van der Waals surface area (Å²) in [6, 6.07) is 0. The largest absolute Gasteiger partial charge is 0.147 e. The summed E-state index contributed by atoms with van der Waals surface area (Å²) in [4.78, 5) is 0. The molecule has 0 aromatic heterocycles. The molecule has 0 heterocycles. The van der Waals surface area contributed by atoms with Crippen molar-refractivity contribution in [2.45, 2.75) is 102 Å². The van der Waals surface area contributed by atoms with E-state index in [0.717, 1.165) is 11.8 Å². The Labute approximate surface area is 202 Å². The molecule has 0 spiro atoms. The van der Waals surface area contributed by atoms with Crippen LogP contribution in [0.1, 0.15) is 92.9 Å². The summed E-state index contributed by atoms with van der Waals surface area (Å²) >= 11 is -3.25. The maximum Gasteiger partial charge on any atom is -0.147 e. The molecule has 0 atom stereocenters. The second-order valence-corrected chi connectivity index (χ2v) is 52.3. The average Bonchev–Trinajstić information content (AvgIpc) is 3.12. The number of halogens is 2. The molecule has 0 saturated carbocycles. The summed E-state index contributed by atoms with van der Waals surface area (Å²) in [6.45, 7) is 16.7. The van der Waals surface area contributed by atoms with Crippen molar-refractivity contribution < 1.29 is 17.1 Å². The minimum absolute atomic E-state index is 0. The maximum absolute atomic E-state index is 3.25. The van der Waals surface area contributed by atoms with Crippen molar-refractivity contribution >= 4 is 31.8 Å². The van der Waals surface area contributed by atoms with Crippen LogP contribution in [0.25, 0.3) is 0 Å². The third-order valence-corrected chi connectivity index (χ3v) is 31.1. The van der Waals surface area contributed by atoms with E-state index in [1.165, 1.54) is 51.4 Å².